The largest absolute Gasteiger partial charge is 0.344 e. The average molecular weight is 443 g/mol. The molecule has 2 aromatic rings. The number of rotatable bonds is 5. The molecule has 0 spiro atoms. The third-order valence-electron chi connectivity index (χ3n) is 6.66. The van der Waals surface area contributed by atoms with Crippen LogP contribution in [-0.2, 0) is 21.2 Å². The van der Waals surface area contributed by atoms with Gasteiger partial charge in [-0.25, -0.2) is 8.42 Å². The van der Waals surface area contributed by atoms with E-state index < -0.39 is 10.0 Å². The second kappa shape index (κ2) is 9.10. The van der Waals surface area contributed by atoms with Gasteiger partial charge in [-0.3, -0.25) is 4.79 Å². The fraction of sp³-hybridized carbons (Fsp3) is 0.458. The second-order valence-electron chi connectivity index (χ2n) is 8.79. The Morgan fingerprint density at radius 1 is 1.10 bits per heavy atom. The average Bonchev–Trinajstić information content (AvgIpc) is 2.76. The van der Waals surface area contributed by atoms with Gasteiger partial charge in [-0.05, 0) is 67.5 Å². The van der Waals surface area contributed by atoms with Crippen LogP contribution >= 0.6 is 0 Å². The zero-order chi connectivity index (χ0) is 22.0. The minimum Gasteiger partial charge on any atom is -0.344 e. The predicted molar refractivity (Wildman–Crippen MR) is 121 cm³/mol. The highest BCUT2D eigenvalue weighted by atomic mass is 32.2. The summed E-state index contributed by atoms with van der Waals surface area (Å²) in [5.74, 6) is 0.0437. The van der Waals surface area contributed by atoms with Gasteiger partial charge in [0.25, 0.3) is 5.91 Å². The number of nitrogens with one attached hydrogen (secondary N) is 2. The Morgan fingerprint density at radius 2 is 1.84 bits per heavy atom. The van der Waals surface area contributed by atoms with Gasteiger partial charge < -0.3 is 10.2 Å². The van der Waals surface area contributed by atoms with E-state index in [2.05, 4.69) is 23.5 Å². The fourth-order valence-corrected chi connectivity index (χ4v) is 6.15. The number of carbonyl (C=O) groups is 1. The summed E-state index contributed by atoms with van der Waals surface area (Å²) in [7, 11) is -3.49. The number of hydrogen-bond donors (Lipinski definition) is 2. The van der Waals surface area contributed by atoms with E-state index in [1.165, 1.54) is 11.1 Å². The molecule has 6 nitrogen and oxygen atoms in total. The quantitative estimate of drug-likeness (QED) is 0.735. The zero-order valence-electron chi connectivity index (χ0n) is 18.4. The first kappa shape index (κ1) is 22.0. The third kappa shape index (κ3) is 4.84. The summed E-state index contributed by atoms with van der Waals surface area (Å²) >= 11 is 0. The van der Waals surface area contributed by atoms with Crippen molar-refractivity contribution in [2.45, 2.75) is 44.0 Å². The molecule has 1 amide bonds. The number of amides is 1. The molecule has 2 aliphatic rings. The molecule has 4 rings (SSSR count). The highest BCUT2D eigenvalue weighted by Gasteiger charge is 2.32. The lowest BCUT2D eigenvalue weighted by molar-refractivity contribution is -0.895. The van der Waals surface area contributed by atoms with E-state index in [1.54, 1.807) is 16.4 Å². The lowest BCUT2D eigenvalue weighted by atomic mass is 9.88. The summed E-state index contributed by atoms with van der Waals surface area (Å²) in [6.45, 7) is 6.44. The number of aryl methyl sites for hydroxylation is 3. The monoisotopic (exact) mass is 442 g/mol. The maximum absolute atomic E-state index is 13.0. The Balaban J connectivity index is 1.32. The molecule has 0 unspecified atom stereocenters. The van der Waals surface area contributed by atoms with Crippen LogP contribution in [0.2, 0.25) is 0 Å². The molecule has 1 saturated heterocycles. The first-order valence-corrected chi connectivity index (χ1v) is 12.6. The van der Waals surface area contributed by atoms with Crippen molar-refractivity contribution in [3.63, 3.8) is 0 Å². The molecule has 1 aliphatic heterocycles. The molecule has 2 N–H and O–H groups in total. The molecular weight excluding hydrogens is 410 g/mol. The Bertz CT molecular complexity index is 1060. The van der Waals surface area contributed by atoms with Gasteiger partial charge in [0.2, 0.25) is 10.0 Å². The van der Waals surface area contributed by atoms with Gasteiger partial charge in [-0.1, -0.05) is 30.3 Å². The molecule has 1 heterocycles. The summed E-state index contributed by atoms with van der Waals surface area (Å²) in [6, 6.07) is 13.7. The standard InChI is InChI=1S/C24H31N3O3S/c1-18-10-11-21(16-19(18)2)31(29,30)27-14-12-26(13-15-27)17-24(28)25-23-9-5-7-20-6-3-4-8-22(20)23/h3-4,6,8,10-11,16,23H,5,7,9,12-15,17H2,1-2H3,(H,25,28)/p+1/t23-/m0/s1. The third-order valence-corrected chi connectivity index (χ3v) is 8.56. The number of nitrogens with zero attached hydrogens (tertiary/aromatic N) is 1. The van der Waals surface area contributed by atoms with Crippen molar-refractivity contribution >= 4 is 15.9 Å². The minimum absolute atomic E-state index is 0.0437. The Labute approximate surface area is 185 Å². The van der Waals surface area contributed by atoms with E-state index in [0.717, 1.165) is 35.3 Å². The van der Waals surface area contributed by atoms with Crippen LogP contribution in [0.15, 0.2) is 47.4 Å². The minimum atomic E-state index is -3.49. The normalized spacial score (nSPS) is 20.3. The maximum Gasteiger partial charge on any atom is 0.275 e. The summed E-state index contributed by atoms with van der Waals surface area (Å²) in [5, 5.41) is 3.21. The van der Waals surface area contributed by atoms with Crippen molar-refractivity contribution in [2.24, 2.45) is 0 Å². The molecule has 166 valence electrons. The number of benzene rings is 2. The highest BCUT2D eigenvalue weighted by Crippen LogP contribution is 2.29. The summed E-state index contributed by atoms with van der Waals surface area (Å²) in [5.41, 5.74) is 4.63. The first-order chi connectivity index (χ1) is 14.8. The van der Waals surface area contributed by atoms with Crippen LogP contribution in [-0.4, -0.2) is 51.4 Å². The van der Waals surface area contributed by atoms with Crippen LogP contribution < -0.4 is 10.2 Å². The lowest BCUT2D eigenvalue weighted by Gasteiger charge is -2.32. The number of carbonyl (C=O) groups excluding carboxylic acids is 1. The number of piperazine rings is 1. The molecule has 7 heteroatoms. The maximum atomic E-state index is 13.0. The SMILES string of the molecule is Cc1ccc(S(=O)(=O)N2CC[NH+](CC(=O)N[C@H]3CCCc4ccccc43)CC2)cc1C. The van der Waals surface area contributed by atoms with E-state index in [1.807, 2.05) is 26.0 Å². The molecule has 0 radical (unpaired) electrons. The van der Waals surface area contributed by atoms with E-state index in [0.29, 0.717) is 37.6 Å². The Kier molecular flexibility index (Phi) is 6.46. The van der Waals surface area contributed by atoms with Gasteiger partial charge in [-0.2, -0.15) is 4.31 Å². The lowest BCUT2D eigenvalue weighted by Crippen LogP contribution is -3.15. The Hall–Kier alpha value is -2.22. The van der Waals surface area contributed by atoms with Crippen molar-refractivity contribution in [2.75, 3.05) is 32.7 Å². The smallest absolute Gasteiger partial charge is 0.275 e. The molecule has 1 fully saturated rings. The predicted octanol–water partition coefficient (Wildman–Crippen LogP) is 1.39. The first-order valence-electron chi connectivity index (χ1n) is 11.1. The fourth-order valence-electron chi connectivity index (χ4n) is 4.62. The molecule has 0 bridgehead atoms. The van der Waals surface area contributed by atoms with Crippen LogP contribution in [0.5, 0.6) is 0 Å². The van der Waals surface area contributed by atoms with Gasteiger partial charge in [0.15, 0.2) is 6.54 Å². The van der Waals surface area contributed by atoms with Gasteiger partial charge in [0.1, 0.15) is 0 Å². The summed E-state index contributed by atoms with van der Waals surface area (Å²) in [4.78, 5) is 14.2. The zero-order valence-corrected chi connectivity index (χ0v) is 19.2. The molecule has 0 aromatic heterocycles. The van der Waals surface area contributed by atoms with Crippen LogP contribution in [0.4, 0.5) is 0 Å². The van der Waals surface area contributed by atoms with Gasteiger partial charge in [0.05, 0.1) is 37.1 Å². The van der Waals surface area contributed by atoms with Gasteiger partial charge in [-0.15, -0.1) is 0 Å². The van der Waals surface area contributed by atoms with Crippen LogP contribution in [0, 0.1) is 13.8 Å². The Morgan fingerprint density at radius 3 is 2.58 bits per heavy atom. The van der Waals surface area contributed by atoms with E-state index in [-0.39, 0.29) is 11.9 Å². The van der Waals surface area contributed by atoms with Crippen LogP contribution in [0.25, 0.3) is 0 Å². The number of quaternary nitrogens is 1. The molecule has 0 saturated carbocycles. The number of sulfonamides is 1. The number of hydrogen-bond acceptors (Lipinski definition) is 3. The van der Waals surface area contributed by atoms with Crippen molar-refractivity contribution < 1.29 is 18.1 Å². The number of fused-ring (bicyclic) bond motifs is 1. The topological polar surface area (TPSA) is 70.9 Å². The van der Waals surface area contributed by atoms with Crippen LogP contribution in [0.1, 0.15) is 41.1 Å². The van der Waals surface area contributed by atoms with E-state index in [9.17, 15) is 13.2 Å². The molecule has 31 heavy (non-hydrogen) atoms. The van der Waals surface area contributed by atoms with E-state index in [4.69, 9.17) is 0 Å². The second-order valence-corrected chi connectivity index (χ2v) is 10.7. The molecule has 2 aromatic carbocycles. The van der Waals surface area contributed by atoms with Crippen molar-refractivity contribution in [3.8, 4) is 0 Å². The van der Waals surface area contributed by atoms with Crippen molar-refractivity contribution in [1.29, 1.82) is 0 Å². The van der Waals surface area contributed by atoms with Crippen molar-refractivity contribution in [3.05, 3.63) is 64.7 Å². The van der Waals surface area contributed by atoms with Gasteiger partial charge in [0, 0.05) is 0 Å². The highest BCUT2D eigenvalue weighted by molar-refractivity contribution is 7.89. The summed E-state index contributed by atoms with van der Waals surface area (Å²) in [6.07, 6.45) is 3.13. The van der Waals surface area contributed by atoms with Crippen LogP contribution in [0.3, 0.4) is 0 Å². The molecular formula is C24H32N3O3S+. The van der Waals surface area contributed by atoms with Gasteiger partial charge >= 0.3 is 0 Å². The summed E-state index contributed by atoms with van der Waals surface area (Å²) < 4.78 is 27.5. The van der Waals surface area contributed by atoms with Crippen molar-refractivity contribution in [1.82, 2.24) is 9.62 Å². The molecule has 1 atom stereocenters. The molecule has 1 aliphatic carbocycles. The van der Waals surface area contributed by atoms with E-state index >= 15 is 0 Å².